The van der Waals surface area contributed by atoms with Gasteiger partial charge in [0.25, 0.3) is 0 Å². The zero-order valence-electron chi connectivity index (χ0n) is 10.1. The molecule has 90 valence electrons. The summed E-state index contributed by atoms with van der Waals surface area (Å²) in [5.74, 6) is 0.357. The van der Waals surface area contributed by atoms with Gasteiger partial charge in [-0.2, -0.15) is 4.98 Å². The van der Waals surface area contributed by atoms with Crippen LogP contribution in [0.2, 0.25) is 0 Å². The fourth-order valence-electron chi connectivity index (χ4n) is 1.57. The molecule has 2 aromatic heterocycles. The van der Waals surface area contributed by atoms with Crippen LogP contribution in [0.4, 0.5) is 5.95 Å². The molecule has 2 heterocycles. The van der Waals surface area contributed by atoms with Crippen LogP contribution in [0.25, 0.3) is 5.65 Å². The van der Waals surface area contributed by atoms with E-state index in [0.29, 0.717) is 5.95 Å². The maximum absolute atomic E-state index is 11.4. The van der Waals surface area contributed by atoms with Gasteiger partial charge in [-0.25, -0.2) is 4.52 Å². The Balaban J connectivity index is 2.26. The maximum Gasteiger partial charge on any atom is 0.243 e. The summed E-state index contributed by atoms with van der Waals surface area (Å²) >= 11 is 0. The third-order valence-electron chi connectivity index (χ3n) is 2.53. The quantitative estimate of drug-likeness (QED) is 0.813. The lowest BCUT2D eigenvalue weighted by atomic mass is 10.3. The molecule has 0 saturated heterocycles. The number of carbonyl (C=O) groups is 1. The number of rotatable bonds is 3. The number of amides is 1. The van der Waals surface area contributed by atoms with Crippen LogP contribution in [0.3, 0.4) is 0 Å². The second kappa shape index (κ2) is 4.40. The summed E-state index contributed by atoms with van der Waals surface area (Å²) in [4.78, 5) is 15.7. The molecule has 2 rings (SSSR count). The number of nitrogens with one attached hydrogen (secondary N) is 2. The van der Waals surface area contributed by atoms with Gasteiger partial charge in [0.2, 0.25) is 11.9 Å². The fraction of sp³-hybridized carbons (Fsp3) is 0.364. The highest BCUT2D eigenvalue weighted by molar-refractivity contribution is 5.83. The molecule has 2 aromatic rings. The average Bonchev–Trinajstić information content (AvgIpc) is 2.72. The summed E-state index contributed by atoms with van der Waals surface area (Å²) in [6.45, 7) is 3.71. The van der Waals surface area contributed by atoms with E-state index in [4.69, 9.17) is 0 Å². The predicted octanol–water partition coefficient (Wildman–Crippen LogP) is 0.584. The molecule has 1 amide bonds. The number of hydrogen-bond donors (Lipinski definition) is 2. The van der Waals surface area contributed by atoms with E-state index < -0.39 is 0 Å². The number of nitrogens with zero attached hydrogens (tertiary/aromatic N) is 3. The molecule has 0 aliphatic carbocycles. The first-order chi connectivity index (χ1) is 8.11. The minimum atomic E-state index is -0.363. The SMILES string of the molecule is CNC(=O)C(C)Nc1nc2cccc(C)n2n1. The molecule has 17 heavy (non-hydrogen) atoms. The summed E-state index contributed by atoms with van der Waals surface area (Å²) < 4.78 is 1.74. The van der Waals surface area contributed by atoms with Crippen LogP contribution in [0.5, 0.6) is 0 Å². The van der Waals surface area contributed by atoms with E-state index in [0.717, 1.165) is 11.3 Å². The second-order valence-corrected chi connectivity index (χ2v) is 3.85. The Morgan fingerprint density at radius 2 is 2.24 bits per heavy atom. The molecule has 6 heteroatoms. The van der Waals surface area contributed by atoms with E-state index in [9.17, 15) is 4.79 Å². The Morgan fingerprint density at radius 1 is 1.47 bits per heavy atom. The Hall–Kier alpha value is -2.11. The Kier molecular flexibility index (Phi) is 2.95. The van der Waals surface area contributed by atoms with Crippen molar-refractivity contribution in [1.82, 2.24) is 19.9 Å². The van der Waals surface area contributed by atoms with Gasteiger partial charge in [-0.1, -0.05) is 6.07 Å². The van der Waals surface area contributed by atoms with Gasteiger partial charge in [0.1, 0.15) is 6.04 Å². The first-order valence-electron chi connectivity index (χ1n) is 5.42. The van der Waals surface area contributed by atoms with Crippen molar-refractivity contribution in [3.05, 3.63) is 23.9 Å². The maximum atomic E-state index is 11.4. The lowest BCUT2D eigenvalue weighted by Crippen LogP contribution is -2.35. The lowest BCUT2D eigenvalue weighted by Gasteiger charge is -2.09. The molecule has 0 bridgehead atoms. The smallest absolute Gasteiger partial charge is 0.243 e. The van der Waals surface area contributed by atoms with Crippen LogP contribution in [-0.2, 0) is 4.79 Å². The van der Waals surface area contributed by atoms with Crippen molar-refractivity contribution in [2.75, 3.05) is 12.4 Å². The van der Waals surface area contributed by atoms with Gasteiger partial charge in [0.05, 0.1) is 0 Å². The predicted molar refractivity (Wildman–Crippen MR) is 64.9 cm³/mol. The van der Waals surface area contributed by atoms with Crippen LogP contribution in [0.1, 0.15) is 12.6 Å². The van der Waals surface area contributed by atoms with E-state index in [1.165, 1.54) is 0 Å². The molecule has 0 fully saturated rings. The summed E-state index contributed by atoms with van der Waals surface area (Å²) in [6.07, 6.45) is 0. The average molecular weight is 233 g/mol. The van der Waals surface area contributed by atoms with Gasteiger partial charge >= 0.3 is 0 Å². The van der Waals surface area contributed by atoms with Crippen molar-refractivity contribution < 1.29 is 4.79 Å². The first kappa shape index (κ1) is 11.4. The minimum Gasteiger partial charge on any atom is -0.357 e. The summed E-state index contributed by atoms with van der Waals surface area (Å²) in [5, 5.41) is 9.80. The van der Waals surface area contributed by atoms with Gasteiger partial charge in [-0.3, -0.25) is 4.79 Å². The molecule has 0 spiro atoms. The number of fused-ring (bicyclic) bond motifs is 1. The standard InChI is InChI=1S/C11H15N5O/c1-7-5-4-6-9-14-11(15-16(7)9)13-8(2)10(17)12-3/h4-6,8H,1-3H3,(H,12,17)(H,13,15). The molecule has 0 aliphatic rings. The number of likely N-dealkylation sites (N-methyl/N-ethyl adjacent to an activating group) is 1. The largest absolute Gasteiger partial charge is 0.357 e. The molecule has 0 radical (unpaired) electrons. The van der Waals surface area contributed by atoms with Crippen LogP contribution < -0.4 is 10.6 Å². The second-order valence-electron chi connectivity index (χ2n) is 3.85. The van der Waals surface area contributed by atoms with E-state index in [1.807, 2.05) is 25.1 Å². The van der Waals surface area contributed by atoms with Crippen LogP contribution in [0.15, 0.2) is 18.2 Å². The van der Waals surface area contributed by atoms with Crippen LogP contribution >= 0.6 is 0 Å². The molecular weight excluding hydrogens is 218 g/mol. The number of pyridine rings is 1. The van der Waals surface area contributed by atoms with Crippen molar-refractivity contribution in [3.63, 3.8) is 0 Å². The number of aryl methyl sites for hydroxylation is 1. The van der Waals surface area contributed by atoms with Gasteiger partial charge in [-0.15, -0.1) is 5.10 Å². The molecule has 1 unspecified atom stereocenters. The van der Waals surface area contributed by atoms with E-state index in [1.54, 1.807) is 18.5 Å². The molecular formula is C11H15N5O. The summed E-state index contributed by atoms with van der Waals surface area (Å²) in [7, 11) is 1.60. The monoisotopic (exact) mass is 233 g/mol. The minimum absolute atomic E-state index is 0.0967. The van der Waals surface area contributed by atoms with Crippen molar-refractivity contribution in [2.45, 2.75) is 19.9 Å². The Bertz CT molecular complexity index is 548. The normalized spacial score (nSPS) is 12.4. The number of aromatic nitrogens is 3. The topological polar surface area (TPSA) is 71.3 Å². The van der Waals surface area contributed by atoms with Gasteiger partial charge in [0.15, 0.2) is 5.65 Å². The Labute approximate surface area is 99.0 Å². The van der Waals surface area contributed by atoms with E-state index >= 15 is 0 Å². The van der Waals surface area contributed by atoms with Crippen molar-refractivity contribution in [1.29, 1.82) is 0 Å². The first-order valence-corrected chi connectivity index (χ1v) is 5.42. The highest BCUT2D eigenvalue weighted by atomic mass is 16.2. The molecule has 6 nitrogen and oxygen atoms in total. The van der Waals surface area contributed by atoms with Crippen molar-refractivity contribution in [3.8, 4) is 0 Å². The zero-order chi connectivity index (χ0) is 12.4. The number of anilines is 1. The zero-order valence-corrected chi connectivity index (χ0v) is 10.1. The molecule has 0 saturated carbocycles. The van der Waals surface area contributed by atoms with Gasteiger partial charge in [0, 0.05) is 12.7 Å². The third-order valence-corrected chi connectivity index (χ3v) is 2.53. The van der Waals surface area contributed by atoms with Crippen LogP contribution in [0, 0.1) is 6.92 Å². The molecule has 1 atom stereocenters. The van der Waals surface area contributed by atoms with Gasteiger partial charge in [-0.05, 0) is 26.0 Å². The third kappa shape index (κ3) is 2.20. The van der Waals surface area contributed by atoms with Crippen molar-refractivity contribution >= 4 is 17.5 Å². The highest BCUT2D eigenvalue weighted by Crippen LogP contribution is 2.08. The lowest BCUT2D eigenvalue weighted by molar-refractivity contribution is -0.121. The number of carbonyl (C=O) groups excluding carboxylic acids is 1. The molecule has 2 N–H and O–H groups in total. The van der Waals surface area contributed by atoms with Crippen LogP contribution in [-0.4, -0.2) is 33.6 Å². The summed E-state index contributed by atoms with van der Waals surface area (Å²) in [6, 6.07) is 5.38. The number of hydrogen-bond acceptors (Lipinski definition) is 4. The van der Waals surface area contributed by atoms with E-state index in [-0.39, 0.29) is 11.9 Å². The highest BCUT2D eigenvalue weighted by Gasteiger charge is 2.13. The molecule has 0 aromatic carbocycles. The molecule has 0 aliphatic heterocycles. The fourth-order valence-corrected chi connectivity index (χ4v) is 1.57. The van der Waals surface area contributed by atoms with E-state index in [2.05, 4.69) is 20.7 Å². The Morgan fingerprint density at radius 3 is 2.88 bits per heavy atom. The summed E-state index contributed by atoms with van der Waals surface area (Å²) in [5.41, 5.74) is 1.76. The van der Waals surface area contributed by atoms with Gasteiger partial charge < -0.3 is 10.6 Å². The van der Waals surface area contributed by atoms with Crippen molar-refractivity contribution in [2.24, 2.45) is 0 Å².